The number of ether oxygens (including phenoxy) is 1. The number of carbonyl (C=O) groups excluding carboxylic acids is 2. The number of hydrogen-bond donors (Lipinski definition) is 0. The molecular formula is C37H33F7N2O5S. The lowest BCUT2D eigenvalue weighted by atomic mass is 9.88. The van der Waals surface area contributed by atoms with Gasteiger partial charge in [0.25, 0.3) is 0 Å². The molecule has 0 N–H and O–H groups in total. The van der Waals surface area contributed by atoms with Crippen molar-refractivity contribution in [1.82, 2.24) is 9.80 Å². The van der Waals surface area contributed by atoms with Crippen molar-refractivity contribution in [3.8, 4) is 5.75 Å². The fourth-order valence-corrected chi connectivity index (χ4v) is 9.32. The van der Waals surface area contributed by atoms with Crippen LogP contribution in [0.1, 0.15) is 37.3 Å². The van der Waals surface area contributed by atoms with Gasteiger partial charge in [0.1, 0.15) is 16.3 Å². The zero-order valence-corrected chi connectivity index (χ0v) is 28.5. The van der Waals surface area contributed by atoms with Gasteiger partial charge in [-0.2, -0.15) is 26.3 Å². The maximum atomic E-state index is 14.9. The maximum absolute atomic E-state index is 14.9. The maximum Gasteiger partial charge on any atom is 0.442 e. The number of likely N-dealkylation sites (tertiary alicyclic amines) is 2. The zero-order valence-electron chi connectivity index (χ0n) is 27.7. The molecule has 0 bridgehead atoms. The molecule has 2 heterocycles. The van der Waals surface area contributed by atoms with Crippen molar-refractivity contribution < 1.29 is 53.5 Å². The van der Waals surface area contributed by atoms with Crippen LogP contribution in [-0.2, 0) is 29.8 Å². The van der Waals surface area contributed by atoms with Gasteiger partial charge in [-0.3, -0.25) is 9.59 Å². The number of piperidine rings is 1. The highest BCUT2D eigenvalue weighted by atomic mass is 32.2. The number of sulfone groups is 1. The number of hydrogen-bond acceptors (Lipinski definition) is 5. The standard InChI is InChI=1S/C37H33F7N2O5S/c1-24(47)45-20-17-26(18-21-45)33(48)46-22-19-34(23-46,52(49,50)30-15-13-29(38)14-16-30)27-9-11-28(12-10-27)35(36(39,40)41,37(42,43)44)51-32-8-4-6-25-5-2-3-7-31(25)32/h2-16,26H,17-23H2,1H3. The first-order valence-corrected chi connectivity index (χ1v) is 17.9. The second-order valence-corrected chi connectivity index (χ2v) is 15.3. The zero-order chi connectivity index (χ0) is 37.7. The highest BCUT2D eigenvalue weighted by Crippen LogP contribution is 2.54. The Labute approximate surface area is 294 Å². The molecule has 2 aliphatic heterocycles. The van der Waals surface area contributed by atoms with Crippen LogP contribution in [0.3, 0.4) is 0 Å². The highest BCUT2D eigenvalue weighted by Gasteiger charge is 2.75. The lowest BCUT2D eigenvalue weighted by Gasteiger charge is -2.38. The molecule has 7 nitrogen and oxygen atoms in total. The SMILES string of the molecule is CC(=O)N1CCC(C(=O)N2CCC(c3ccc(C(Oc4cccc5ccccc45)(C(F)(F)F)C(F)(F)F)cc3)(S(=O)(=O)c3ccc(F)cc3)C2)CC1. The largest absolute Gasteiger partial charge is 0.464 e. The van der Waals surface area contributed by atoms with Crippen LogP contribution < -0.4 is 4.74 Å². The summed E-state index contributed by atoms with van der Waals surface area (Å²) in [5, 5.41) is 0.345. The van der Waals surface area contributed by atoms with Gasteiger partial charge in [0.2, 0.25) is 11.8 Å². The minimum atomic E-state index is -6.05. The molecule has 4 aromatic carbocycles. The Balaban J connectivity index is 1.43. The summed E-state index contributed by atoms with van der Waals surface area (Å²) >= 11 is 0. The number of nitrogens with zero attached hydrogens (tertiary/aromatic N) is 2. The molecule has 276 valence electrons. The number of carbonyl (C=O) groups is 2. The van der Waals surface area contributed by atoms with Gasteiger partial charge in [0.15, 0.2) is 9.84 Å². The first kappa shape index (κ1) is 37.1. The second kappa shape index (κ2) is 13.4. The van der Waals surface area contributed by atoms with Crippen LogP contribution in [0.4, 0.5) is 30.7 Å². The Morgan fingerprint density at radius 1 is 0.769 bits per heavy atom. The normalized spacial score (nSPS) is 19.2. The molecule has 0 saturated carbocycles. The Morgan fingerprint density at radius 3 is 1.96 bits per heavy atom. The number of halogens is 7. The van der Waals surface area contributed by atoms with Crippen LogP contribution >= 0.6 is 0 Å². The van der Waals surface area contributed by atoms with E-state index in [0.717, 1.165) is 42.5 Å². The van der Waals surface area contributed by atoms with Crippen molar-refractivity contribution in [3.05, 3.63) is 108 Å². The summed E-state index contributed by atoms with van der Waals surface area (Å²) in [5.41, 5.74) is -6.37. The van der Waals surface area contributed by atoms with E-state index in [1.54, 1.807) is 11.0 Å². The van der Waals surface area contributed by atoms with E-state index < -0.39 is 62.1 Å². The van der Waals surface area contributed by atoms with Crippen molar-refractivity contribution in [3.63, 3.8) is 0 Å². The van der Waals surface area contributed by atoms with Gasteiger partial charge < -0.3 is 14.5 Å². The molecule has 0 aromatic heterocycles. The monoisotopic (exact) mass is 750 g/mol. The number of alkyl halides is 6. The Kier molecular flexibility index (Phi) is 9.56. The van der Waals surface area contributed by atoms with Crippen LogP contribution in [0.5, 0.6) is 5.75 Å². The molecule has 1 unspecified atom stereocenters. The summed E-state index contributed by atoms with van der Waals surface area (Å²) in [4.78, 5) is 28.0. The van der Waals surface area contributed by atoms with E-state index in [4.69, 9.17) is 4.74 Å². The third-order valence-corrected chi connectivity index (χ3v) is 12.6. The van der Waals surface area contributed by atoms with Crippen LogP contribution in [0.15, 0.2) is 95.9 Å². The van der Waals surface area contributed by atoms with Crippen molar-refractivity contribution in [2.45, 2.75) is 53.8 Å². The number of benzene rings is 4. The fourth-order valence-electron chi connectivity index (χ4n) is 7.24. The summed E-state index contributed by atoms with van der Waals surface area (Å²) in [6.45, 7) is 1.50. The molecule has 0 aliphatic carbocycles. The van der Waals surface area contributed by atoms with E-state index in [2.05, 4.69) is 0 Å². The van der Waals surface area contributed by atoms with Crippen LogP contribution in [0, 0.1) is 11.7 Å². The number of fused-ring (bicyclic) bond motifs is 1. The van der Waals surface area contributed by atoms with Gasteiger partial charge in [-0.15, -0.1) is 0 Å². The summed E-state index contributed by atoms with van der Waals surface area (Å²) < 4.78 is 135. The average molecular weight is 751 g/mol. The third kappa shape index (κ3) is 6.26. The summed E-state index contributed by atoms with van der Waals surface area (Å²) in [6, 6.07) is 16.3. The molecule has 2 saturated heterocycles. The van der Waals surface area contributed by atoms with Gasteiger partial charge >= 0.3 is 18.0 Å². The molecule has 0 radical (unpaired) electrons. The topological polar surface area (TPSA) is 84.0 Å². The third-order valence-electron chi connectivity index (χ3n) is 10.1. The van der Waals surface area contributed by atoms with E-state index in [0.29, 0.717) is 43.5 Å². The Morgan fingerprint density at radius 2 is 1.37 bits per heavy atom. The van der Waals surface area contributed by atoms with Crippen molar-refractivity contribution >= 4 is 32.4 Å². The number of rotatable bonds is 7. The van der Waals surface area contributed by atoms with Crippen LogP contribution in [0.2, 0.25) is 0 Å². The summed E-state index contributed by atoms with van der Waals surface area (Å²) in [7, 11) is -4.55. The van der Waals surface area contributed by atoms with Crippen LogP contribution in [-0.4, -0.2) is 68.6 Å². The second-order valence-electron chi connectivity index (χ2n) is 13.1. The number of amides is 2. The van der Waals surface area contributed by atoms with Crippen molar-refractivity contribution in [2.24, 2.45) is 5.92 Å². The fraction of sp³-hybridized carbons (Fsp3) is 0.351. The smallest absolute Gasteiger partial charge is 0.442 e. The molecule has 52 heavy (non-hydrogen) atoms. The first-order chi connectivity index (χ1) is 24.4. The predicted molar refractivity (Wildman–Crippen MR) is 176 cm³/mol. The van der Waals surface area contributed by atoms with Crippen LogP contribution in [0.25, 0.3) is 10.8 Å². The van der Waals surface area contributed by atoms with E-state index >= 15 is 0 Å². The van der Waals surface area contributed by atoms with Crippen molar-refractivity contribution in [1.29, 1.82) is 0 Å². The molecule has 1 atom stereocenters. The molecule has 0 spiro atoms. The molecular weight excluding hydrogens is 717 g/mol. The minimum Gasteiger partial charge on any atom is -0.464 e. The van der Waals surface area contributed by atoms with E-state index in [1.165, 1.54) is 42.2 Å². The van der Waals surface area contributed by atoms with Gasteiger partial charge in [-0.1, -0.05) is 60.7 Å². The Hall–Kier alpha value is -4.66. The summed E-state index contributed by atoms with van der Waals surface area (Å²) in [5.74, 6) is -2.48. The van der Waals surface area contributed by atoms with E-state index in [1.807, 2.05) is 0 Å². The molecule has 15 heteroatoms. The van der Waals surface area contributed by atoms with Gasteiger partial charge in [0, 0.05) is 50.0 Å². The lowest BCUT2D eigenvalue weighted by Crippen LogP contribution is -2.58. The lowest BCUT2D eigenvalue weighted by molar-refractivity contribution is -0.364. The molecule has 2 aliphatic rings. The molecule has 4 aromatic rings. The summed E-state index contributed by atoms with van der Waals surface area (Å²) in [6.07, 6.45) is -11.7. The predicted octanol–water partition coefficient (Wildman–Crippen LogP) is 7.54. The van der Waals surface area contributed by atoms with Gasteiger partial charge in [-0.05, 0) is 60.5 Å². The van der Waals surface area contributed by atoms with Gasteiger partial charge in [-0.25, -0.2) is 12.8 Å². The quantitative estimate of drug-likeness (QED) is 0.144. The Bertz CT molecular complexity index is 2060. The van der Waals surface area contributed by atoms with Crippen molar-refractivity contribution in [2.75, 3.05) is 26.2 Å². The minimum absolute atomic E-state index is 0.00604. The van der Waals surface area contributed by atoms with E-state index in [-0.39, 0.29) is 40.6 Å². The molecule has 6 rings (SSSR count). The first-order valence-electron chi connectivity index (χ1n) is 16.4. The van der Waals surface area contributed by atoms with E-state index in [9.17, 15) is 48.7 Å². The molecule has 2 amide bonds. The highest BCUT2D eigenvalue weighted by molar-refractivity contribution is 7.92. The average Bonchev–Trinajstić information content (AvgIpc) is 3.57. The van der Waals surface area contributed by atoms with Gasteiger partial charge in [0.05, 0.1) is 4.90 Å². The molecule has 2 fully saturated rings.